The second-order valence-electron chi connectivity index (χ2n) is 3.80. The maximum atomic E-state index is 13.2. The zero-order valence-electron chi connectivity index (χ0n) is 9.61. The normalized spacial score (nSPS) is 10.3. The molecule has 0 amide bonds. The van der Waals surface area contributed by atoms with Crippen molar-refractivity contribution in [3.8, 4) is 0 Å². The van der Waals surface area contributed by atoms with Crippen LogP contribution in [0.15, 0.2) is 24.4 Å². The zero-order valence-corrected chi connectivity index (χ0v) is 9.61. The van der Waals surface area contributed by atoms with Crippen LogP contribution in [0.4, 0.5) is 15.8 Å². The van der Waals surface area contributed by atoms with Crippen molar-refractivity contribution < 1.29 is 9.31 Å². The Hall–Kier alpha value is -2.44. The lowest BCUT2D eigenvalue weighted by atomic mass is 10.2. The minimum Gasteiger partial charge on any atom is -0.379 e. The molecule has 0 saturated heterocycles. The summed E-state index contributed by atoms with van der Waals surface area (Å²) >= 11 is 0. The molecule has 0 aliphatic heterocycles. The van der Waals surface area contributed by atoms with E-state index in [-0.39, 0.29) is 5.69 Å². The average molecular weight is 250 g/mol. The first-order valence-corrected chi connectivity index (χ1v) is 5.24. The number of nitrogens with zero attached hydrogens (tertiary/aromatic N) is 2. The van der Waals surface area contributed by atoms with Gasteiger partial charge in [0.2, 0.25) is 0 Å². The van der Waals surface area contributed by atoms with Crippen molar-refractivity contribution in [2.75, 3.05) is 5.32 Å². The van der Waals surface area contributed by atoms with Gasteiger partial charge in [0.25, 0.3) is 5.69 Å². The molecule has 1 aromatic heterocycles. The van der Waals surface area contributed by atoms with Gasteiger partial charge in [0, 0.05) is 11.8 Å². The van der Waals surface area contributed by atoms with Crippen molar-refractivity contribution in [3.63, 3.8) is 0 Å². The Labute approximate surface area is 102 Å². The zero-order chi connectivity index (χ0) is 13.1. The number of hydrogen-bond acceptors (Lipinski definition) is 4. The number of nitrogens with one attached hydrogen (secondary N) is 2. The standard InChI is InChI=1S/C11H11FN4O2/c1-7-13-5-10(15-7)6-14-9-2-8(12)3-11(4-9)16(17)18/h2-5,14H,6H2,1H3,(H,13,15). The van der Waals surface area contributed by atoms with Crippen LogP contribution in [0.25, 0.3) is 0 Å². The molecule has 0 aliphatic carbocycles. The van der Waals surface area contributed by atoms with Crippen LogP contribution in [0.2, 0.25) is 0 Å². The summed E-state index contributed by atoms with van der Waals surface area (Å²) < 4.78 is 13.2. The highest BCUT2D eigenvalue weighted by atomic mass is 19.1. The van der Waals surface area contributed by atoms with E-state index in [2.05, 4.69) is 15.3 Å². The third kappa shape index (κ3) is 2.82. The molecule has 94 valence electrons. The molecule has 0 atom stereocenters. The second kappa shape index (κ2) is 4.82. The van der Waals surface area contributed by atoms with E-state index in [0.717, 1.165) is 17.6 Å². The minimum absolute atomic E-state index is 0.279. The predicted molar refractivity (Wildman–Crippen MR) is 63.7 cm³/mol. The van der Waals surface area contributed by atoms with Crippen LogP contribution in [0.3, 0.4) is 0 Å². The van der Waals surface area contributed by atoms with Gasteiger partial charge in [0.1, 0.15) is 11.6 Å². The van der Waals surface area contributed by atoms with Crippen LogP contribution in [0.1, 0.15) is 11.5 Å². The van der Waals surface area contributed by atoms with Crippen LogP contribution in [0.5, 0.6) is 0 Å². The van der Waals surface area contributed by atoms with Gasteiger partial charge in [-0.3, -0.25) is 10.1 Å². The topological polar surface area (TPSA) is 83.8 Å². The Balaban J connectivity index is 2.11. The summed E-state index contributed by atoms with van der Waals surface area (Å²) in [5.41, 5.74) is 0.895. The number of aromatic amines is 1. The number of halogens is 1. The summed E-state index contributed by atoms with van der Waals surface area (Å²) in [6.45, 7) is 2.21. The molecule has 18 heavy (non-hydrogen) atoms. The van der Waals surface area contributed by atoms with Gasteiger partial charge in [-0.05, 0) is 13.0 Å². The number of aromatic nitrogens is 2. The van der Waals surface area contributed by atoms with Crippen molar-refractivity contribution in [1.82, 2.24) is 9.97 Å². The molecule has 1 aromatic carbocycles. The highest BCUT2D eigenvalue weighted by molar-refractivity contribution is 5.51. The summed E-state index contributed by atoms with van der Waals surface area (Å²) in [5.74, 6) is 0.129. The average Bonchev–Trinajstić information content (AvgIpc) is 2.72. The third-order valence-corrected chi connectivity index (χ3v) is 2.33. The van der Waals surface area contributed by atoms with E-state index in [0.29, 0.717) is 12.2 Å². The smallest absolute Gasteiger partial charge is 0.274 e. The van der Waals surface area contributed by atoms with E-state index in [1.807, 2.05) is 6.92 Å². The van der Waals surface area contributed by atoms with Gasteiger partial charge in [0.05, 0.1) is 29.4 Å². The largest absolute Gasteiger partial charge is 0.379 e. The van der Waals surface area contributed by atoms with Crippen LogP contribution < -0.4 is 5.32 Å². The lowest BCUT2D eigenvalue weighted by Gasteiger charge is -2.04. The Bertz CT molecular complexity index is 582. The highest BCUT2D eigenvalue weighted by Gasteiger charge is 2.09. The van der Waals surface area contributed by atoms with Gasteiger partial charge in [-0.15, -0.1) is 0 Å². The highest BCUT2D eigenvalue weighted by Crippen LogP contribution is 2.20. The SMILES string of the molecule is Cc1ncc(CNc2cc(F)cc([N+](=O)[O-])c2)[nH]1. The molecule has 1 heterocycles. The molecule has 6 nitrogen and oxygen atoms in total. The van der Waals surface area contributed by atoms with E-state index in [1.54, 1.807) is 6.20 Å². The number of H-pyrrole nitrogens is 1. The van der Waals surface area contributed by atoms with Crippen molar-refractivity contribution in [3.05, 3.63) is 51.8 Å². The lowest BCUT2D eigenvalue weighted by molar-refractivity contribution is -0.385. The maximum absolute atomic E-state index is 13.2. The molecular formula is C11H11FN4O2. The van der Waals surface area contributed by atoms with Gasteiger partial charge >= 0.3 is 0 Å². The number of nitro groups is 1. The summed E-state index contributed by atoms with van der Waals surface area (Å²) in [6, 6.07) is 3.37. The number of benzene rings is 1. The predicted octanol–water partition coefficient (Wildman–Crippen LogP) is 2.38. The van der Waals surface area contributed by atoms with Crippen molar-refractivity contribution in [1.29, 1.82) is 0 Å². The van der Waals surface area contributed by atoms with E-state index in [1.165, 1.54) is 12.1 Å². The summed E-state index contributed by atoms with van der Waals surface area (Å²) in [6.07, 6.45) is 1.65. The molecular weight excluding hydrogens is 239 g/mol. The molecule has 0 unspecified atom stereocenters. The number of aryl methyl sites for hydroxylation is 1. The number of rotatable bonds is 4. The Kier molecular flexibility index (Phi) is 3.22. The summed E-state index contributed by atoms with van der Waals surface area (Å²) in [5, 5.41) is 13.5. The Morgan fingerprint density at radius 2 is 2.28 bits per heavy atom. The van der Waals surface area contributed by atoms with Crippen molar-refractivity contribution in [2.24, 2.45) is 0 Å². The number of imidazole rings is 1. The quantitative estimate of drug-likeness (QED) is 0.644. The van der Waals surface area contributed by atoms with Gasteiger partial charge in [-0.2, -0.15) is 0 Å². The molecule has 0 radical (unpaired) electrons. The van der Waals surface area contributed by atoms with E-state index in [9.17, 15) is 14.5 Å². The Morgan fingerprint density at radius 3 is 2.89 bits per heavy atom. The molecule has 7 heteroatoms. The molecule has 0 spiro atoms. The van der Waals surface area contributed by atoms with E-state index < -0.39 is 10.7 Å². The molecule has 0 fully saturated rings. The van der Waals surface area contributed by atoms with Crippen molar-refractivity contribution in [2.45, 2.75) is 13.5 Å². The molecule has 2 aromatic rings. The molecule has 0 bridgehead atoms. The van der Waals surface area contributed by atoms with E-state index in [4.69, 9.17) is 0 Å². The Morgan fingerprint density at radius 1 is 1.50 bits per heavy atom. The number of anilines is 1. The van der Waals surface area contributed by atoms with Crippen LogP contribution in [-0.2, 0) is 6.54 Å². The molecule has 2 N–H and O–H groups in total. The van der Waals surface area contributed by atoms with Gasteiger partial charge in [-0.1, -0.05) is 0 Å². The van der Waals surface area contributed by atoms with Crippen LogP contribution in [0, 0.1) is 22.9 Å². The number of non-ortho nitro benzene ring substituents is 1. The van der Waals surface area contributed by atoms with Crippen LogP contribution in [-0.4, -0.2) is 14.9 Å². The van der Waals surface area contributed by atoms with E-state index >= 15 is 0 Å². The second-order valence-corrected chi connectivity index (χ2v) is 3.80. The maximum Gasteiger partial charge on any atom is 0.274 e. The van der Waals surface area contributed by atoms with Crippen LogP contribution >= 0.6 is 0 Å². The third-order valence-electron chi connectivity index (χ3n) is 2.33. The monoisotopic (exact) mass is 250 g/mol. The first-order chi connectivity index (χ1) is 8.54. The lowest BCUT2D eigenvalue weighted by Crippen LogP contribution is -2.01. The molecule has 0 aliphatic rings. The summed E-state index contributed by atoms with van der Waals surface area (Å²) in [7, 11) is 0. The van der Waals surface area contributed by atoms with Gasteiger partial charge < -0.3 is 10.3 Å². The summed E-state index contributed by atoms with van der Waals surface area (Å²) in [4.78, 5) is 17.0. The van der Waals surface area contributed by atoms with Gasteiger partial charge in [0.15, 0.2) is 0 Å². The fraction of sp³-hybridized carbons (Fsp3) is 0.182. The number of nitro benzene ring substituents is 1. The fourth-order valence-electron chi connectivity index (χ4n) is 1.54. The first-order valence-electron chi connectivity index (χ1n) is 5.24. The molecule has 0 saturated carbocycles. The first kappa shape index (κ1) is 12.0. The minimum atomic E-state index is -0.646. The number of hydrogen-bond donors (Lipinski definition) is 2. The fourth-order valence-corrected chi connectivity index (χ4v) is 1.54. The molecule has 2 rings (SSSR count). The van der Waals surface area contributed by atoms with Gasteiger partial charge in [-0.25, -0.2) is 9.37 Å². The van der Waals surface area contributed by atoms with Crippen molar-refractivity contribution >= 4 is 11.4 Å².